The molecule has 1 aromatic heterocycles. The molecule has 2 N–H and O–H groups in total. The van der Waals surface area contributed by atoms with Crippen molar-refractivity contribution in [3.63, 3.8) is 0 Å². The second kappa shape index (κ2) is 7.19. The topological polar surface area (TPSA) is 128 Å². The predicted octanol–water partition coefficient (Wildman–Crippen LogP) is 2.62. The molecule has 0 aliphatic carbocycles. The van der Waals surface area contributed by atoms with Crippen LogP contribution in [0, 0.1) is 0 Å². The van der Waals surface area contributed by atoms with Crippen LogP contribution >= 0.6 is 0 Å². The molecule has 0 saturated heterocycles. The number of hydrogen-bond donors (Lipinski definition) is 1. The lowest BCUT2D eigenvalue weighted by Gasteiger charge is -2.14. The van der Waals surface area contributed by atoms with E-state index in [1.807, 2.05) is 0 Å². The molecule has 0 aliphatic heterocycles. The van der Waals surface area contributed by atoms with E-state index in [-0.39, 0.29) is 11.8 Å². The first kappa shape index (κ1) is 16.2. The molecule has 2 aromatic rings. The number of nitrogens with two attached hydrogens (primary N) is 1. The fourth-order valence-electron chi connectivity index (χ4n) is 2.12. The first-order chi connectivity index (χ1) is 11.1. The van der Waals surface area contributed by atoms with Gasteiger partial charge in [0.1, 0.15) is 5.82 Å². The number of rotatable bonds is 6. The number of nitrogens with zero attached hydrogens (tertiary/aromatic N) is 5. The highest BCUT2D eigenvalue weighted by Gasteiger charge is 2.14. The van der Waals surface area contributed by atoms with Crippen molar-refractivity contribution in [1.82, 2.24) is 9.97 Å². The van der Waals surface area contributed by atoms with Crippen LogP contribution in [0.5, 0.6) is 17.2 Å². The van der Waals surface area contributed by atoms with Gasteiger partial charge in [-0.2, -0.15) is 0 Å². The fraction of sp³-hybridized carbons (Fsp3) is 0.286. The highest BCUT2D eigenvalue weighted by atomic mass is 16.5. The monoisotopic (exact) mass is 316 g/mol. The molecule has 0 unspecified atom stereocenters. The van der Waals surface area contributed by atoms with Crippen molar-refractivity contribution in [3.8, 4) is 17.2 Å². The standard InChI is InChI=1S/C14H16N6O3/c1-21-10-5-8(6-11(22-2)12(10)23-3)4-9-7-17-14(15)18-13(9)19-20-16/h5-7H,4H2,1-3H3,(H2,15,17,18). The molecule has 2 rings (SSSR count). The Bertz CT molecular complexity index is 733. The van der Waals surface area contributed by atoms with Crippen LogP contribution in [0.1, 0.15) is 11.1 Å². The summed E-state index contributed by atoms with van der Waals surface area (Å²) in [6.07, 6.45) is 1.93. The minimum Gasteiger partial charge on any atom is -0.493 e. The lowest BCUT2D eigenvalue weighted by Crippen LogP contribution is -2.00. The maximum absolute atomic E-state index is 8.63. The molecule has 0 spiro atoms. The van der Waals surface area contributed by atoms with Crippen LogP contribution in [0.25, 0.3) is 10.4 Å². The second-order valence-electron chi connectivity index (χ2n) is 4.48. The van der Waals surface area contributed by atoms with Crippen molar-refractivity contribution >= 4 is 11.8 Å². The number of anilines is 1. The van der Waals surface area contributed by atoms with E-state index in [2.05, 4.69) is 20.0 Å². The van der Waals surface area contributed by atoms with E-state index in [1.165, 1.54) is 13.3 Å². The van der Waals surface area contributed by atoms with Gasteiger partial charge in [0.2, 0.25) is 11.7 Å². The third-order valence-corrected chi connectivity index (χ3v) is 3.12. The van der Waals surface area contributed by atoms with Gasteiger partial charge in [0.15, 0.2) is 11.5 Å². The molecule has 0 radical (unpaired) electrons. The van der Waals surface area contributed by atoms with Crippen LogP contribution in [0.15, 0.2) is 23.4 Å². The zero-order valence-electron chi connectivity index (χ0n) is 13.0. The van der Waals surface area contributed by atoms with Crippen molar-refractivity contribution < 1.29 is 14.2 Å². The van der Waals surface area contributed by atoms with Crippen molar-refractivity contribution in [2.75, 3.05) is 27.1 Å². The zero-order chi connectivity index (χ0) is 16.8. The van der Waals surface area contributed by atoms with Crippen LogP contribution < -0.4 is 19.9 Å². The number of methoxy groups -OCH3 is 3. The van der Waals surface area contributed by atoms with Gasteiger partial charge in [-0.3, -0.25) is 0 Å². The Morgan fingerprint density at radius 3 is 2.35 bits per heavy atom. The Morgan fingerprint density at radius 1 is 1.17 bits per heavy atom. The smallest absolute Gasteiger partial charge is 0.220 e. The lowest BCUT2D eigenvalue weighted by atomic mass is 10.1. The minimum atomic E-state index is 0.0426. The second-order valence-corrected chi connectivity index (χ2v) is 4.48. The highest BCUT2D eigenvalue weighted by molar-refractivity contribution is 5.55. The Hall–Kier alpha value is -3.19. The van der Waals surface area contributed by atoms with Crippen molar-refractivity contribution in [1.29, 1.82) is 0 Å². The summed E-state index contributed by atoms with van der Waals surface area (Å²) in [7, 11) is 4.62. The molecule has 0 bridgehead atoms. The number of ether oxygens (including phenoxy) is 3. The Morgan fingerprint density at radius 2 is 1.83 bits per heavy atom. The number of hydrogen-bond acceptors (Lipinski definition) is 7. The third kappa shape index (κ3) is 3.53. The molecule has 0 atom stereocenters. The summed E-state index contributed by atoms with van der Waals surface area (Å²) in [5.74, 6) is 1.80. The number of benzene rings is 1. The summed E-state index contributed by atoms with van der Waals surface area (Å²) >= 11 is 0. The number of aromatic nitrogens is 2. The van der Waals surface area contributed by atoms with Gasteiger partial charge in [-0.15, -0.1) is 0 Å². The quantitative estimate of drug-likeness (QED) is 0.495. The van der Waals surface area contributed by atoms with E-state index in [0.717, 1.165) is 5.56 Å². The largest absolute Gasteiger partial charge is 0.493 e. The summed E-state index contributed by atoms with van der Waals surface area (Å²) in [5.41, 5.74) is 15.6. The predicted molar refractivity (Wildman–Crippen MR) is 84.2 cm³/mol. The molecular weight excluding hydrogens is 300 g/mol. The summed E-state index contributed by atoms with van der Waals surface area (Å²) < 4.78 is 15.9. The van der Waals surface area contributed by atoms with Crippen LogP contribution in [-0.4, -0.2) is 31.3 Å². The summed E-state index contributed by atoms with van der Waals surface area (Å²) in [5, 5.41) is 3.54. The summed E-state index contributed by atoms with van der Waals surface area (Å²) in [4.78, 5) is 10.6. The average Bonchev–Trinajstić information content (AvgIpc) is 2.56. The fourth-order valence-corrected chi connectivity index (χ4v) is 2.12. The molecule has 9 nitrogen and oxygen atoms in total. The Balaban J connectivity index is 2.46. The maximum Gasteiger partial charge on any atom is 0.220 e. The van der Waals surface area contributed by atoms with Gasteiger partial charge in [0.25, 0.3) is 0 Å². The third-order valence-electron chi connectivity index (χ3n) is 3.12. The maximum atomic E-state index is 8.63. The van der Waals surface area contributed by atoms with E-state index in [0.29, 0.717) is 29.2 Å². The summed E-state index contributed by atoms with van der Waals surface area (Å²) in [6.45, 7) is 0. The van der Waals surface area contributed by atoms with E-state index in [9.17, 15) is 0 Å². The van der Waals surface area contributed by atoms with Gasteiger partial charge in [0.05, 0.1) is 21.3 Å². The Kier molecular flexibility index (Phi) is 5.06. The van der Waals surface area contributed by atoms with E-state index >= 15 is 0 Å². The molecule has 9 heteroatoms. The van der Waals surface area contributed by atoms with E-state index < -0.39 is 0 Å². The van der Waals surface area contributed by atoms with Gasteiger partial charge >= 0.3 is 0 Å². The highest BCUT2D eigenvalue weighted by Crippen LogP contribution is 2.39. The molecule has 0 saturated carbocycles. The molecule has 0 amide bonds. The average molecular weight is 316 g/mol. The van der Waals surface area contributed by atoms with Crippen LogP contribution in [0.2, 0.25) is 0 Å². The number of azide groups is 1. The molecule has 23 heavy (non-hydrogen) atoms. The summed E-state index contributed by atoms with van der Waals surface area (Å²) in [6, 6.07) is 3.61. The van der Waals surface area contributed by atoms with Crippen molar-refractivity contribution in [2.24, 2.45) is 5.11 Å². The molecular formula is C14H16N6O3. The molecule has 0 fully saturated rings. The zero-order valence-corrected chi connectivity index (χ0v) is 13.0. The van der Waals surface area contributed by atoms with Crippen molar-refractivity contribution in [2.45, 2.75) is 6.42 Å². The molecule has 1 heterocycles. The van der Waals surface area contributed by atoms with Gasteiger partial charge in [0, 0.05) is 23.1 Å². The SMILES string of the molecule is COc1cc(Cc2cnc(N)nc2N=[N+]=[N-])cc(OC)c1OC. The van der Waals surface area contributed by atoms with Gasteiger partial charge in [-0.25, -0.2) is 9.97 Å². The molecule has 1 aromatic carbocycles. The first-order valence-electron chi connectivity index (χ1n) is 6.58. The van der Waals surface area contributed by atoms with Gasteiger partial charge in [-0.05, 0) is 28.3 Å². The van der Waals surface area contributed by atoms with Crippen LogP contribution in [0.3, 0.4) is 0 Å². The van der Waals surface area contributed by atoms with Gasteiger partial charge < -0.3 is 19.9 Å². The first-order valence-corrected chi connectivity index (χ1v) is 6.58. The normalized spacial score (nSPS) is 9.87. The Labute approximate surface area is 132 Å². The lowest BCUT2D eigenvalue weighted by molar-refractivity contribution is 0.324. The van der Waals surface area contributed by atoms with E-state index in [1.54, 1.807) is 26.4 Å². The van der Waals surface area contributed by atoms with Crippen molar-refractivity contribution in [3.05, 3.63) is 39.9 Å². The van der Waals surface area contributed by atoms with Gasteiger partial charge in [-0.1, -0.05) is 0 Å². The molecule has 0 aliphatic rings. The van der Waals surface area contributed by atoms with E-state index in [4.69, 9.17) is 25.5 Å². The number of nitrogen functional groups attached to an aromatic ring is 1. The van der Waals surface area contributed by atoms with Crippen LogP contribution in [0.4, 0.5) is 11.8 Å². The molecule has 120 valence electrons. The minimum absolute atomic E-state index is 0.0426. The van der Waals surface area contributed by atoms with Crippen LogP contribution in [-0.2, 0) is 6.42 Å².